The number of allylic oxidation sites excluding steroid dienone is 4. The molecule has 0 amide bonds. The van der Waals surface area contributed by atoms with Gasteiger partial charge in [-0.1, -0.05) is 42.5 Å². The van der Waals surface area contributed by atoms with Gasteiger partial charge in [0.05, 0.1) is 4.92 Å². The van der Waals surface area contributed by atoms with Crippen molar-refractivity contribution in [3.63, 3.8) is 0 Å². The number of nitro benzene ring substituents is 1. The van der Waals surface area contributed by atoms with Crippen LogP contribution in [0, 0.1) is 17.0 Å². The van der Waals surface area contributed by atoms with Gasteiger partial charge in [-0.3, -0.25) is 10.1 Å². The third-order valence-corrected chi connectivity index (χ3v) is 4.12. The first-order chi connectivity index (χ1) is 11.0. The summed E-state index contributed by atoms with van der Waals surface area (Å²) in [5.41, 5.74) is 1.45. The number of nitro groups is 1. The van der Waals surface area contributed by atoms with Crippen LogP contribution >= 0.6 is 0 Å². The van der Waals surface area contributed by atoms with Crippen molar-refractivity contribution >= 4 is 11.3 Å². The lowest BCUT2D eigenvalue weighted by Crippen LogP contribution is -2.19. The molecule has 0 bridgehead atoms. The summed E-state index contributed by atoms with van der Waals surface area (Å²) < 4.78 is 15.3. The maximum atomic E-state index is 15.3. The molecule has 1 atom stereocenters. The zero-order valence-corrected chi connectivity index (χ0v) is 12.7. The third-order valence-electron chi connectivity index (χ3n) is 4.12. The largest absolute Gasteiger partial charge is 0.269 e. The van der Waals surface area contributed by atoms with Gasteiger partial charge in [0.1, 0.15) is 0 Å². The number of non-ortho nitro benzene ring substituents is 1. The lowest BCUT2D eigenvalue weighted by molar-refractivity contribution is -0.384. The van der Waals surface area contributed by atoms with Crippen molar-refractivity contribution in [3.05, 3.63) is 93.6 Å². The molecule has 0 spiro atoms. The van der Waals surface area contributed by atoms with Gasteiger partial charge >= 0.3 is 0 Å². The van der Waals surface area contributed by atoms with Crippen LogP contribution in [0.2, 0.25) is 0 Å². The number of halogens is 1. The topological polar surface area (TPSA) is 43.1 Å². The van der Waals surface area contributed by atoms with E-state index in [0.29, 0.717) is 11.1 Å². The normalized spacial score (nSPS) is 20.2. The second-order valence-electron chi connectivity index (χ2n) is 5.68. The summed E-state index contributed by atoms with van der Waals surface area (Å²) >= 11 is 0. The number of rotatable bonds is 3. The summed E-state index contributed by atoms with van der Waals surface area (Å²) in [6.45, 7) is 1.70. The van der Waals surface area contributed by atoms with Crippen molar-refractivity contribution in [2.24, 2.45) is 0 Å². The Kier molecular flexibility index (Phi) is 3.82. The molecule has 2 aromatic rings. The minimum atomic E-state index is -1.63. The Morgan fingerprint density at radius 2 is 1.91 bits per heavy atom. The summed E-state index contributed by atoms with van der Waals surface area (Å²) in [5, 5.41) is 10.8. The van der Waals surface area contributed by atoms with Crippen molar-refractivity contribution in [1.29, 1.82) is 0 Å². The van der Waals surface area contributed by atoms with Crippen LogP contribution in [0.25, 0.3) is 5.57 Å². The van der Waals surface area contributed by atoms with Gasteiger partial charge in [0.15, 0.2) is 5.67 Å². The first-order valence-electron chi connectivity index (χ1n) is 7.39. The number of aryl methyl sites for hydroxylation is 1. The van der Waals surface area contributed by atoms with E-state index in [1.54, 1.807) is 19.1 Å². The zero-order chi connectivity index (χ0) is 16.4. The number of alkyl halides is 1. The van der Waals surface area contributed by atoms with Gasteiger partial charge in [0.25, 0.3) is 5.69 Å². The molecule has 4 heteroatoms. The van der Waals surface area contributed by atoms with E-state index in [1.165, 1.54) is 18.2 Å². The van der Waals surface area contributed by atoms with E-state index >= 15 is 4.39 Å². The fourth-order valence-electron chi connectivity index (χ4n) is 2.89. The Hall–Kier alpha value is -2.75. The first-order valence-corrected chi connectivity index (χ1v) is 7.39. The van der Waals surface area contributed by atoms with E-state index in [2.05, 4.69) is 0 Å². The molecule has 0 aromatic heterocycles. The minimum Gasteiger partial charge on any atom is -0.258 e. The molecule has 3 rings (SSSR count). The lowest BCUT2D eigenvalue weighted by Gasteiger charge is -2.26. The van der Waals surface area contributed by atoms with Gasteiger partial charge in [-0.15, -0.1) is 0 Å². The predicted octanol–water partition coefficient (Wildman–Crippen LogP) is 5.11. The second kappa shape index (κ2) is 5.80. The lowest BCUT2D eigenvalue weighted by atomic mass is 9.83. The molecular weight excluding hydrogens is 293 g/mol. The standard InChI is InChI=1S/C19H16FNO2/c1-14-13-17(21(22)23)7-8-18(14)19(20)11-9-16(10-12-19)15-5-3-2-4-6-15/h2-11,13H,12H2,1H3. The van der Waals surface area contributed by atoms with E-state index in [-0.39, 0.29) is 12.1 Å². The number of benzene rings is 2. The fourth-order valence-corrected chi connectivity index (χ4v) is 2.89. The Balaban J connectivity index is 1.90. The molecule has 23 heavy (non-hydrogen) atoms. The van der Waals surface area contributed by atoms with E-state index in [0.717, 1.165) is 11.1 Å². The third kappa shape index (κ3) is 2.93. The second-order valence-corrected chi connectivity index (χ2v) is 5.68. The van der Waals surface area contributed by atoms with Crippen molar-refractivity contribution in [3.8, 4) is 0 Å². The zero-order valence-electron chi connectivity index (χ0n) is 12.7. The summed E-state index contributed by atoms with van der Waals surface area (Å²) in [6.07, 6.45) is 5.41. The van der Waals surface area contributed by atoms with Crippen LogP contribution in [0.1, 0.15) is 23.1 Å². The molecule has 0 fully saturated rings. The molecular formula is C19H16FNO2. The summed E-state index contributed by atoms with van der Waals surface area (Å²) in [4.78, 5) is 10.3. The van der Waals surface area contributed by atoms with E-state index in [9.17, 15) is 10.1 Å². The smallest absolute Gasteiger partial charge is 0.258 e. The molecule has 0 saturated heterocycles. The molecule has 0 radical (unpaired) electrons. The van der Waals surface area contributed by atoms with Crippen molar-refractivity contribution in [1.82, 2.24) is 0 Å². The molecule has 0 N–H and O–H groups in total. The number of hydrogen-bond acceptors (Lipinski definition) is 2. The predicted molar refractivity (Wildman–Crippen MR) is 88.8 cm³/mol. The highest BCUT2D eigenvalue weighted by atomic mass is 19.1. The quantitative estimate of drug-likeness (QED) is 0.584. The Labute approximate surface area is 133 Å². The SMILES string of the molecule is Cc1cc([N+](=O)[O-])ccc1C1(F)C=CC(c2ccccc2)=CC1. The Morgan fingerprint density at radius 3 is 2.48 bits per heavy atom. The van der Waals surface area contributed by atoms with E-state index < -0.39 is 10.6 Å². The number of nitrogens with zero attached hydrogens (tertiary/aromatic N) is 1. The van der Waals surface area contributed by atoms with Gasteiger partial charge in [-0.25, -0.2) is 4.39 Å². The molecule has 0 aliphatic heterocycles. The number of hydrogen-bond donors (Lipinski definition) is 0. The average Bonchev–Trinajstić information content (AvgIpc) is 2.56. The maximum Gasteiger partial charge on any atom is 0.269 e. The van der Waals surface area contributed by atoms with Crippen molar-refractivity contribution in [2.75, 3.05) is 0 Å². The summed E-state index contributed by atoms with van der Waals surface area (Å²) in [6, 6.07) is 14.1. The summed E-state index contributed by atoms with van der Waals surface area (Å²) in [5.74, 6) is 0. The van der Waals surface area contributed by atoms with Crippen LogP contribution < -0.4 is 0 Å². The van der Waals surface area contributed by atoms with Crippen molar-refractivity contribution in [2.45, 2.75) is 19.0 Å². The monoisotopic (exact) mass is 309 g/mol. The van der Waals surface area contributed by atoms with Gasteiger partial charge in [-0.05, 0) is 41.3 Å². The molecule has 1 aliphatic rings. The first kappa shape index (κ1) is 15.2. The Morgan fingerprint density at radius 1 is 1.17 bits per heavy atom. The molecule has 2 aromatic carbocycles. The average molecular weight is 309 g/mol. The maximum absolute atomic E-state index is 15.3. The van der Waals surface area contributed by atoms with Gasteiger partial charge in [-0.2, -0.15) is 0 Å². The van der Waals surface area contributed by atoms with Crippen LogP contribution in [-0.4, -0.2) is 4.92 Å². The van der Waals surface area contributed by atoms with Gasteiger partial charge in [0, 0.05) is 18.6 Å². The van der Waals surface area contributed by atoms with Gasteiger partial charge < -0.3 is 0 Å². The van der Waals surface area contributed by atoms with E-state index in [1.807, 2.05) is 36.4 Å². The highest BCUT2D eigenvalue weighted by molar-refractivity contribution is 5.75. The van der Waals surface area contributed by atoms with Crippen LogP contribution in [-0.2, 0) is 5.67 Å². The van der Waals surface area contributed by atoms with Crippen LogP contribution in [0.15, 0.2) is 66.8 Å². The molecule has 1 unspecified atom stereocenters. The molecule has 3 nitrogen and oxygen atoms in total. The molecule has 1 aliphatic carbocycles. The molecule has 0 saturated carbocycles. The van der Waals surface area contributed by atoms with Crippen LogP contribution in [0.4, 0.5) is 10.1 Å². The summed E-state index contributed by atoms with van der Waals surface area (Å²) in [7, 11) is 0. The molecule has 0 heterocycles. The highest BCUT2D eigenvalue weighted by Gasteiger charge is 2.32. The van der Waals surface area contributed by atoms with Crippen LogP contribution in [0.5, 0.6) is 0 Å². The van der Waals surface area contributed by atoms with Crippen LogP contribution in [0.3, 0.4) is 0 Å². The Bertz CT molecular complexity index is 811. The van der Waals surface area contributed by atoms with Crippen molar-refractivity contribution < 1.29 is 9.31 Å². The highest BCUT2D eigenvalue weighted by Crippen LogP contribution is 2.39. The minimum absolute atomic E-state index is 0.0184. The van der Waals surface area contributed by atoms with Gasteiger partial charge in [0.2, 0.25) is 0 Å². The molecule has 116 valence electrons. The van der Waals surface area contributed by atoms with E-state index in [4.69, 9.17) is 0 Å². The fraction of sp³-hybridized carbons (Fsp3) is 0.158.